The predicted octanol–water partition coefficient (Wildman–Crippen LogP) is 8.98. The third-order valence-electron chi connectivity index (χ3n) is 7.32. The molecule has 0 nitrogen and oxygen atoms in total. The van der Waals surface area contributed by atoms with E-state index in [4.69, 9.17) is 0 Å². The molecule has 2 fully saturated rings. The molecule has 0 unspecified atom stereocenters. The van der Waals surface area contributed by atoms with Gasteiger partial charge in [0.25, 0.3) is 0 Å². The molecule has 5 heteroatoms. The Kier molecular flexibility index (Phi) is 8.35. The maximum absolute atomic E-state index is 14.3. The van der Waals surface area contributed by atoms with Crippen molar-refractivity contribution >= 4 is 6.08 Å². The summed E-state index contributed by atoms with van der Waals surface area (Å²) in [6, 6.07) is 2.44. The van der Waals surface area contributed by atoms with Crippen LogP contribution in [0, 0.1) is 29.4 Å². The van der Waals surface area contributed by atoms with Crippen molar-refractivity contribution in [2.75, 3.05) is 0 Å². The van der Waals surface area contributed by atoms with Gasteiger partial charge >= 0.3 is 6.18 Å². The fourth-order valence-electron chi connectivity index (χ4n) is 5.55. The van der Waals surface area contributed by atoms with Gasteiger partial charge in [-0.15, -0.1) is 0 Å². The van der Waals surface area contributed by atoms with Crippen LogP contribution in [0.5, 0.6) is 0 Å². The molecule has 0 bridgehead atoms. The molecular formula is C26H33F5. The van der Waals surface area contributed by atoms with Crippen LogP contribution >= 0.6 is 0 Å². The minimum absolute atomic E-state index is 0.0815. The molecule has 0 radical (unpaired) electrons. The molecule has 172 valence electrons. The predicted molar refractivity (Wildman–Crippen MR) is 116 cm³/mol. The molecule has 0 saturated heterocycles. The third-order valence-corrected chi connectivity index (χ3v) is 7.32. The molecule has 2 saturated carbocycles. The van der Waals surface area contributed by atoms with Crippen LogP contribution in [0.1, 0.15) is 88.2 Å². The fraction of sp³-hybridized carbons (Fsp3) is 0.615. The highest BCUT2D eigenvalue weighted by molar-refractivity contribution is 5.52. The number of hydrogen-bond acceptors (Lipinski definition) is 0. The fourth-order valence-corrected chi connectivity index (χ4v) is 5.55. The second kappa shape index (κ2) is 10.8. The van der Waals surface area contributed by atoms with Crippen molar-refractivity contribution in [1.82, 2.24) is 0 Å². The zero-order valence-corrected chi connectivity index (χ0v) is 18.2. The molecule has 0 atom stereocenters. The molecular weight excluding hydrogens is 407 g/mol. The van der Waals surface area contributed by atoms with Crippen molar-refractivity contribution in [3.8, 4) is 0 Å². The molecule has 0 N–H and O–H groups in total. The van der Waals surface area contributed by atoms with E-state index >= 15 is 0 Å². The first-order valence-corrected chi connectivity index (χ1v) is 11.6. The monoisotopic (exact) mass is 440 g/mol. The minimum atomic E-state index is -4.60. The van der Waals surface area contributed by atoms with Crippen LogP contribution in [0.4, 0.5) is 22.0 Å². The first-order valence-electron chi connectivity index (χ1n) is 11.6. The van der Waals surface area contributed by atoms with Crippen molar-refractivity contribution < 1.29 is 22.0 Å². The van der Waals surface area contributed by atoms with E-state index in [0.717, 1.165) is 37.5 Å². The average Bonchev–Trinajstić information content (AvgIpc) is 2.73. The molecule has 0 spiro atoms. The van der Waals surface area contributed by atoms with E-state index in [9.17, 15) is 22.0 Å². The summed E-state index contributed by atoms with van der Waals surface area (Å²) in [4.78, 5) is 0. The Balaban J connectivity index is 1.52. The maximum Gasteiger partial charge on any atom is 0.409 e. The summed E-state index contributed by atoms with van der Waals surface area (Å²) in [5.41, 5.74) is -0.0498. The summed E-state index contributed by atoms with van der Waals surface area (Å²) in [7, 11) is 0. The van der Waals surface area contributed by atoms with Crippen molar-refractivity contribution in [3.05, 3.63) is 53.1 Å². The van der Waals surface area contributed by atoms with Crippen LogP contribution < -0.4 is 0 Å². The molecule has 31 heavy (non-hydrogen) atoms. The first-order chi connectivity index (χ1) is 14.8. The molecule has 2 aliphatic carbocycles. The number of benzene rings is 1. The Morgan fingerprint density at radius 1 is 0.871 bits per heavy atom. The number of alkyl halides is 3. The molecule has 0 aromatic heterocycles. The summed E-state index contributed by atoms with van der Waals surface area (Å²) in [5, 5.41) is 0. The number of halogens is 5. The highest BCUT2D eigenvalue weighted by atomic mass is 19.4. The van der Waals surface area contributed by atoms with Gasteiger partial charge in [0.2, 0.25) is 0 Å². The second-order valence-corrected chi connectivity index (χ2v) is 9.31. The van der Waals surface area contributed by atoms with E-state index in [-0.39, 0.29) is 12.0 Å². The Labute approximate surface area is 182 Å². The summed E-state index contributed by atoms with van der Waals surface area (Å²) in [5.74, 6) is 0.541. The zero-order chi connectivity index (χ0) is 22.4. The highest BCUT2D eigenvalue weighted by Crippen LogP contribution is 2.44. The van der Waals surface area contributed by atoms with E-state index in [1.165, 1.54) is 50.7 Å². The van der Waals surface area contributed by atoms with Gasteiger partial charge in [-0.2, -0.15) is 13.2 Å². The lowest BCUT2D eigenvalue weighted by Crippen LogP contribution is -2.25. The van der Waals surface area contributed by atoms with Gasteiger partial charge in [-0.05, 0) is 106 Å². The minimum Gasteiger partial charge on any atom is -0.206 e. The average molecular weight is 441 g/mol. The topological polar surface area (TPSA) is 0 Å². The molecule has 1 aromatic carbocycles. The summed E-state index contributed by atoms with van der Waals surface area (Å²) >= 11 is 0. The standard InChI is InChI=1S/C26H33F5/c1-2-3-4-5-18-6-8-19(9-7-18)20-10-12-21(13-11-20)22-16-24(27)23(25(28)17-22)14-15-26(29,30)31/h2-3,14-21H,4-13H2,1H3. The van der Waals surface area contributed by atoms with Gasteiger partial charge in [0.05, 0.1) is 0 Å². The van der Waals surface area contributed by atoms with Gasteiger partial charge in [-0.25, -0.2) is 8.78 Å². The lowest BCUT2D eigenvalue weighted by molar-refractivity contribution is -0.0790. The van der Waals surface area contributed by atoms with Gasteiger partial charge in [-0.1, -0.05) is 25.0 Å². The van der Waals surface area contributed by atoms with Gasteiger partial charge in [0.15, 0.2) is 0 Å². The van der Waals surface area contributed by atoms with E-state index in [2.05, 4.69) is 19.1 Å². The van der Waals surface area contributed by atoms with Gasteiger partial charge in [0.1, 0.15) is 11.6 Å². The SMILES string of the molecule is CC=CCCC1CCC(C2CCC(c3cc(F)c(C=CC(F)(F)F)c(F)c3)CC2)CC1. The Morgan fingerprint density at radius 3 is 1.94 bits per heavy atom. The molecule has 1 aromatic rings. The normalized spacial score (nSPS) is 27.9. The van der Waals surface area contributed by atoms with Crippen molar-refractivity contribution in [2.45, 2.75) is 83.2 Å². The molecule has 3 rings (SSSR count). The summed E-state index contributed by atoms with van der Waals surface area (Å²) < 4.78 is 65.6. The lowest BCUT2D eigenvalue weighted by atomic mass is 9.68. The third kappa shape index (κ3) is 6.92. The van der Waals surface area contributed by atoms with Crippen molar-refractivity contribution in [2.24, 2.45) is 17.8 Å². The van der Waals surface area contributed by atoms with Crippen molar-refractivity contribution in [3.63, 3.8) is 0 Å². The Hall–Kier alpha value is -1.65. The largest absolute Gasteiger partial charge is 0.409 e. The second-order valence-electron chi connectivity index (χ2n) is 9.31. The van der Waals surface area contributed by atoms with Crippen molar-refractivity contribution in [1.29, 1.82) is 0 Å². The Morgan fingerprint density at radius 2 is 1.42 bits per heavy atom. The molecule has 0 aliphatic heterocycles. The summed E-state index contributed by atoms with van der Waals surface area (Å²) in [6.07, 6.45) is 11.7. The molecule has 0 heterocycles. The summed E-state index contributed by atoms with van der Waals surface area (Å²) in [6.45, 7) is 2.06. The molecule has 0 amide bonds. The van der Waals surface area contributed by atoms with Crippen LogP contribution in [-0.2, 0) is 0 Å². The highest BCUT2D eigenvalue weighted by Gasteiger charge is 2.31. The lowest BCUT2D eigenvalue weighted by Gasteiger charge is -2.38. The Bertz CT molecular complexity index is 737. The van der Waals surface area contributed by atoms with Crippen LogP contribution in [0.15, 0.2) is 30.4 Å². The number of hydrogen-bond donors (Lipinski definition) is 0. The van der Waals surface area contributed by atoms with Crippen LogP contribution in [0.25, 0.3) is 6.08 Å². The maximum atomic E-state index is 14.3. The van der Waals surface area contributed by atoms with Gasteiger partial charge in [-0.3, -0.25) is 0 Å². The van der Waals surface area contributed by atoms with E-state index in [1.807, 2.05) is 0 Å². The van der Waals surface area contributed by atoms with E-state index in [1.54, 1.807) is 0 Å². The zero-order valence-electron chi connectivity index (χ0n) is 18.2. The quantitative estimate of drug-likeness (QED) is 0.306. The number of allylic oxidation sites excluding steroid dienone is 3. The molecule has 2 aliphatic rings. The van der Waals surface area contributed by atoms with E-state index in [0.29, 0.717) is 17.6 Å². The van der Waals surface area contributed by atoms with Gasteiger partial charge in [0, 0.05) is 11.6 Å². The van der Waals surface area contributed by atoms with E-state index < -0.39 is 23.4 Å². The van der Waals surface area contributed by atoms with Crippen LogP contribution in [-0.4, -0.2) is 6.18 Å². The van der Waals surface area contributed by atoms with Crippen LogP contribution in [0.3, 0.4) is 0 Å². The smallest absolute Gasteiger partial charge is 0.206 e. The number of rotatable bonds is 6. The van der Waals surface area contributed by atoms with Gasteiger partial charge < -0.3 is 0 Å². The first kappa shape index (κ1) is 24.0. The van der Waals surface area contributed by atoms with Crippen LogP contribution in [0.2, 0.25) is 0 Å².